The fourth-order valence-electron chi connectivity index (χ4n) is 17.0. The molecule has 0 amide bonds. The van der Waals surface area contributed by atoms with Gasteiger partial charge in [-0.15, -0.1) is 6.58 Å². The molecule has 0 aromatic carbocycles. The first-order valence-electron chi connectivity index (χ1n) is 30.2. The SMILES string of the molecule is C=C(C)CCC[C@]1(C)OC(=O)[C@]23CC[C@H]4C(=CC[C@H]5C(C)(C)[C@@H](O[C@@H]6OC[C@@H](OS(=O)(=O)[O-])[C@H](O)[C@H]6O[C@@H]6O[C@H](C)[C@@H](O[C@@H]7O[C@H](COS(=O)(=O)[O-])[C@@H](O)[C@H](O[C@@H]8O[C@H](C(O)S(=O)(=O)[O-])[C@@H](O)[C@H](OC)[C@H]8O)[C@H]7O)[C@H](O)[C@H]6O)CC[C@]45C)[C@]2(C)C[C@H](OC(C)=O)[C@@H]31.[Na+].[Na+].[Na+]. The van der Waals surface area contributed by atoms with Gasteiger partial charge in [0.15, 0.2) is 30.6 Å². The Balaban J connectivity index is 0.00000467. The van der Waals surface area contributed by atoms with Crippen LogP contribution in [0.2, 0.25) is 0 Å². The zero-order chi connectivity index (χ0) is 67.4. The van der Waals surface area contributed by atoms with E-state index in [4.69, 9.17) is 52.1 Å². The van der Waals surface area contributed by atoms with Gasteiger partial charge in [0.2, 0.25) is 20.8 Å². The maximum absolute atomic E-state index is 14.7. The van der Waals surface area contributed by atoms with E-state index in [-0.39, 0.29) is 106 Å². The third kappa shape index (κ3) is 16.0. The van der Waals surface area contributed by atoms with Gasteiger partial charge in [-0.25, -0.2) is 25.3 Å². The minimum absolute atomic E-state index is 0. The summed E-state index contributed by atoms with van der Waals surface area (Å²) in [6.07, 6.45) is -33.6. The number of allylic oxidation sites excluding steroid dienone is 3. The molecule has 32 nitrogen and oxygen atoms in total. The van der Waals surface area contributed by atoms with Gasteiger partial charge in [0, 0.05) is 19.4 Å². The summed E-state index contributed by atoms with van der Waals surface area (Å²) in [5.74, 6) is -1.29. The van der Waals surface area contributed by atoms with Crippen molar-refractivity contribution < 1.29 is 238 Å². The second-order valence-corrected chi connectivity index (χ2v) is 30.7. The first-order chi connectivity index (χ1) is 42.0. The van der Waals surface area contributed by atoms with Crippen LogP contribution >= 0.6 is 0 Å². The fourth-order valence-corrected chi connectivity index (χ4v) is 18.3. The molecule has 522 valence electrons. The number of carbonyl (C=O) groups excluding carboxylic acids is 2. The third-order valence-electron chi connectivity index (χ3n) is 21.2. The number of cyclic esters (lactones) is 1. The van der Waals surface area contributed by atoms with E-state index in [9.17, 15) is 89.4 Å². The zero-order valence-corrected chi connectivity index (χ0v) is 63.0. The van der Waals surface area contributed by atoms with Crippen LogP contribution in [-0.4, -0.2) is 252 Å². The van der Waals surface area contributed by atoms with E-state index in [1.54, 1.807) is 0 Å². The molecule has 0 radical (unpaired) electrons. The van der Waals surface area contributed by atoms with Crippen molar-refractivity contribution in [3.8, 4) is 0 Å². The van der Waals surface area contributed by atoms with E-state index in [2.05, 4.69) is 34.9 Å². The normalized spacial score (nSPS) is 45.5. The molecule has 8 N–H and O–H groups in total. The van der Waals surface area contributed by atoms with E-state index in [1.807, 2.05) is 27.7 Å². The Bertz CT molecular complexity index is 3080. The van der Waals surface area contributed by atoms with Crippen molar-refractivity contribution >= 4 is 42.9 Å². The van der Waals surface area contributed by atoms with Crippen LogP contribution < -0.4 is 88.7 Å². The Morgan fingerprint density at radius 1 is 0.734 bits per heavy atom. The number of ether oxygens (including phenoxy) is 11. The number of aliphatic hydroxyl groups excluding tert-OH is 8. The summed E-state index contributed by atoms with van der Waals surface area (Å²) in [6, 6.07) is 0. The molecule has 38 heteroatoms. The predicted octanol–water partition coefficient (Wildman–Crippen LogP) is -11.0. The predicted molar refractivity (Wildman–Crippen MR) is 297 cm³/mol. The summed E-state index contributed by atoms with van der Waals surface area (Å²) >= 11 is 0. The standard InChI is InChI=1S/C56H88O32S3.3Na/c1-23(2)12-11-17-55(9)45-28(80-25(4)57)20-54(8)27-13-14-31-52(5,6)32(16-18-53(31,7)26(27)15-19-56(45,54)51(66)87-55)82-50-44(34(59)30(21-77-50)88-91(73,74)75)86-47-36(61)35(60)40(24(3)79-47)83-48-39(64)42(33(58)29(81-48)22-78-90(70,71)72)84-49-38(63)41(76-10)37(62)43(85-49)46(65)89(67,68)69;;;/h13,24,26,28-50,58-65H,1,11-12,14-22H2,2-10H3,(H,67,68,69)(H,70,71,72)(H,73,74,75);;;/q;3*+1/p-3/t24-,26+,28+,29-,30-,31+,32+,33-,34+,35-,36-,37+,38-,39-,40-,41+,42+,43+,44-,45-,46?,47+,48+,49-,50+,53-,54+,55+,56-;;;/m1.../s1. The molecule has 5 aliphatic heterocycles. The number of hydrogen-bond donors (Lipinski definition) is 8. The minimum Gasteiger partial charge on any atom is -0.746 e. The number of aliphatic hydroxyl groups is 8. The molecule has 5 saturated heterocycles. The second kappa shape index (κ2) is 31.0. The topological polar surface area (TPSA) is 488 Å². The van der Waals surface area contributed by atoms with E-state index in [0.717, 1.165) is 31.1 Å². The van der Waals surface area contributed by atoms with Gasteiger partial charge in [-0.1, -0.05) is 44.9 Å². The fraction of sp³-hybridized carbons (Fsp3) is 0.893. The van der Waals surface area contributed by atoms with Crippen molar-refractivity contribution in [2.45, 2.75) is 253 Å². The molecular formula is C56H85Na3O32S3. The monoisotopic (exact) mass is 1430 g/mol. The zero-order valence-electron chi connectivity index (χ0n) is 54.6. The molecule has 5 heterocycles. The van der Waals surface area contributed by atoms with Gasteiger partial charge in [-0.2, -0.15) is 0 Å². The molecule has 0 aromatic heterocycles. The van der Waals surface area contributed by atoms with Gasteiger partial charge >= 0.3 is 101 Å². The number of fused-ring (bicyclic) bond motifs is 4. The van der Waals surface area contributed by atoms with Gasteiger partial charge in [0.25, 0.3) is 0 Å². The van der Waals surface area contributed by atoms with Crippen LogP contribution in [0.1, 0.15) is 113 Å². The van der Waals surface area contributed by atoms with Crippen LogP contribution in [-0.2, 0) is 101 Å². The molecule has 3 saturated carbocycles. The van der Waals surface area contributed by atoms with Gasteiger partial charge in [0.05, 0.1) is 36.8 Å². The van der Waals surface area contributed by atoms with Crippen LogP contribution in [0, 0.1) is 39.4 Å². The molecule has 9 rings (SSSR count). The molecule has 4 aliphatic carbocycles. The molecule has 9 aliphatic rings. The van der Waals surface area contributed by atoms with Crippen molar-refractivity contribution in [1.29, 1.82) is 0 Å². The van der Waals surface area contributed by atoms with Gasteiger partial charge in [-0.05, 0) is 101 Å². The molecule has 0 bridgehead atoms. The van der Waals surface area contributed by atoms with E-state index >= 15 is 0 Å². The van der Waals surface area contributed by atoms with Crippen LogP contribution in [0.15, 0.2) is 23.8 Å². The molecule has 1 unspecified atom stereocenters. The van der Waals surface area contributed by atoms with E-state index in [0.29, 0.717) is 44.9 Å². The summed E-state index contributed by atoms with van der Waals surface area (Å²) < 4.78 is 180. The van der Waals surface area contributed by atoms with Crippen LogP contribution in [0.5, 0.6) is 0 Å². The number of esters is 2. The Hall–Kier alpha value is 0.390. The van der Waals surface area contributed by atoms with E-state index in [1.165, 1.54) is 13.8 Å². The summed E-state index contributed by atoms with van der Waals surface area (Å²) in [5.41, 5.74) is -4.64. The number of rotatable bonds is 21. The number of methoxy groups -OCH3 is 1. The van der Waals surface area contributed by atoms with Crippen LogP contribution in [0.3, 0.4) is 0 Å². The molecule has 94 heavy (non-hydrogen) atoms. The van der Waals surface area contributed by atoms with Crippen molar-refractivity contribution in [2.24, 2.45) is 39.4 Å². The Labute approximate surface area is 612 Å². The Morgan fingerprint density at radius 2 is 1.34 bits per heavy atom. The summed E-state index contributed by atoms with van der Waals surface area (Å²) in [5, 5.41) is 90.3. The first kappa shape index (κ1) is 83.3. The van der Waals surface area contributed by atoms with Crippen LogP contribution in [0.4, 0.5) is 0 Å². The van der Waals surface area contributed by atoms with E-state index < -0.39 is 218 Å². The summed E-state index contributed by atoms with van der Waals surface area (Å²) in [7, 11) is -15.8. The number of hydrogen-bond acceptors (Lipinski definition) is 32. The van der Waals surface area contributed by atoms with Gasteiger partial charge in [0.1, 0.15) is 107 Å². The largest absolute Gasteiger partial charge is 1.00 e. The van der Waals surface area contributed by atoms with Gasteiger partial charge in [-0.3, -0.25) is 18.0 Å². The maximum atomic E-state index is 14.7. The van der Waals surface area contributed by atoms with Gasteiger partial charge < -0.3 is 107 Å². The number of carbonyl (C=O) groups is 2. The van der Waals surface area contributed by atoms with Crippen molar-refractivity contribution in [1.82, 2.24) is 0 Å². The molecular weight excluding hydrogens is 1350 g/mol. The molecule has 1 spiro atoms. The third-order valence-corrected chi connectivity index (χ3v) is 22.9. The summed E-state index contributed by atoms with van der Waals surface area (Å²) in [4.78, 5) is 27.5. The molecule has 0 aromatic rings. The Kier molecular flexibility index (Phi) is 27.5. The van der Waals surface area contributed by atoms with Crippen molar-refractivity contribution in [3.63, 3.8) is 0 Å². The van der Waals surface area contributed by atoms with Crippen molar-refractivity contribution in [3.05, 3.63) is 23.8 Å². The minimum atomic E-state index is -5.66. The second-order valence-electron chi connectivity index (χ2n) is 27.2. The van der Waals surface area contributed by atoms with Crippen molar-refractivity contribution in [2.75, 3.05) is 20.3 Å². The smallest absolute Gasteiger partial charge is 0.746 e. The molecule has 8 fully saturated rings. The quantitative estimate of drug-likeness (QED) is 0.0174. The maximum Gasteiger partial charge on any atom is 1.00 e. The summed E-state index contributed by atoms with van der Waals surface area (Å²) in [6.45, 7) is 16.9. The first-order valence-corrected chi connectivity index (χ1v) is 34.3. The average molecular weight is 1440 g/mol. The average Bonchev–Trinajstić information content (AvgIpc) is 1.47. The Morgan fingerprint density at radius 3 is 1.94 bits per heavy atom. The van der Waals surface area contributed by atoms with Crippen LogP contribution in [0.25, 0.3) is 0 Å². The molecule has 29 atom stereocenters.